The van der Waals surface area contributed by atoms with Crippen molar-refractivity contribution in [2.45, 2.75) is 0 Å². The molecule has 0 atom stereocenters. The van der Waals surface area contributed by atoms with Gasteiger partial charge in [-0.25, -0.2) is 9.97 Å². The fourth-order valence-corrected chi connectivity index (χ4v) is 7.55. The molecule has 0 spiro atoms. The maximum absolute atomic E-state index is 5.54. The first-order valence-electron chi connectivity index (χ1n) is 17.2. The average Bonchev–Trinajstić information content (AvgIpc) is 3.21. The minimum Gasteiger partial charge on any atom is -0.310 e. The van der Waals surface area contributed by atoms with Gasteiger partial charge in [0.25, 0.3) is 0 Å². The van der Waals surface area contributed by atoms with Crippen LogP contribution in [-0.4, -0.2) is 15.0 Å². The molecule has 3 aromatic heterocycles. The van der Waals surface area contributed by atoms with Crippen LogP contribution in [0, 0.1) is 0 Å². The first-order valence-corrected chi connectivity index (χ1v) is 17.2. The number of hydrogen-bond donors (Lipinski definition) is 0. The van der Waals surface area contributed by atoms with Gasteiger partial charge in [-0.3, -0.25) is 4.98 Å². The fourth-order valence-electron chi connectivity index (χ4n) is 7.55. The number of fused-ring (bicyclic) bond motifs is 8. The molecule has 51 heavy (non-hydrogen) atoms. The third kappa shape index (κ3) is 4.80. The number of nitrogens with zero attached hydrogens (tertiary/aromatic N) is 4. The van der Waals surface area contributed by atoms with Gasteiger partial charge in [-0.2, -0.15) is 0 Å². The van der Waals surface area contributed by atoms with Crippen LogP contribution in [0.15, 0.2) is 182 Å². The third-order valence-corrected chi connectivity index (χ3v) is 9.82. The Morgan fingerprint density at radius 2 is 1.08 bits per heavy atom. The van der Waals surface area contributed by atoms with Crippen molar-refractivity contribution in [3.63, 3.8) is 0 Å². The summed E-state index contributed by atoms with van der Waals surface area (Å²) < 4.78 is 0. The molecule has 0 bridgehead atoms. The minimum absolute atomic E-state index is 0.888. The zero-order valence-corrected chi connectivity index (χ0v) is 27.6. The Labute approximate surface area is 294 Å². The number of pyridine rings is 3. The number of benzene rings is 7. The van der Waals surface area contributed by atoms with Crippen molar-refractivity contribution in [3.8, 4) is 22.5 Å². The van der Waals surface area contributed by atoms with E-state index >= 15 is 0 Å². The second-order valence-electron chi connectivity index (χ2n) is 12.8. The van der Waals surface area contributed by atoms with Gasteiger partial charge in [0, 0.05) is 55.6 Å². The molecule has 10 rings (SSSR count). The zero-order valence-electron chi connectivity index (χ0n) is 27.6. The van der Waals surface area contributed by atoms with E-state index in [1.54, 1.807) is 0 Å². The van der Waals surface area contributed by atoms with E-state index in [2.05, 4.69) is 175 Å². The Kier molecular flexibility index (Phi) is 6.78. The van der Waals surface area contributed by atoms with Crippen LogP contribution in [-0.2, 0) is 0 Å². The van der Waals surface area contributed by atoms with E-state index in [0.29, 0.717) is 0 Å². The van der Waals surface area contributed by atoms with Crippen molar-refractivity contribution < 1.29 is 0 Å². The van der Waals surface area contributed by atoms with Gasteiger partial charge in [0.2, 0.25) is 0 Å². The maximum atomic E-state index is 5.54. The number of rotatable bonds is 5. The van der Waals surface area contributed by atoms with Gasteiger partial charge >= 0.3 is 0 Å². The van der Waals surface area contributed by atoms with Crippen molar-refractivity contribution in [3.05, 3.63) is 182 Å². The highest BCUT2D eigenvalue weighted by molar-refractivity contribution is 6.29. The second kappa shape index (κ2) is 11.9. The van der Waals surface area contributed by atoms with E-state index < -0.39 is 0 Å². The molecule has 0 unspecified atom stereocenters. The van der Waals surface area contributed by atoms with Gasteiger partial charge in [-0.1, -0.05) is 127 Å². The molecular weight excluding hydrogens is 621 g/mol. The van der Waals surface area contributed by atoms with Crippen LogP contribution < -0.4 is 4.90 Å². The molecule has 0 radical (unpaired) electrons. The number of aromatic nitrogens is 3. The Bertz CT molecular complexity index is 2870. The van der Waals surface area contributed by atoms with Gasteiger partial charge in [0.15, 0.2) is 0 Å². The molecule has 0 saturated carbocycles. The molecule has 4 heteroatoms. The summed E-state index contributed by atoms with van der Waals surface area (Å²) in [6.07, 6.45) is 1.84. The highest BCUT2D eigenvalue weighted by Crippen LogP contribution is 2.48. The number of para-hydroxylation sites is 2. The normalized spacial score (nSPS) is 11.5. The topological polar surface area (TPSA) is 41.9 Å². The van der Waals surface area contributed by atoms with Crippen molar-refractivity contribution >= 4 is 71.3 Å². The average molecular weight is 651 g/mol. The van der Waals surface area contributed by atoms with E-state index in [9.17, 15) is 0 Å². The lowest BCUT2D eigenvalue weighted by Gasteiger charge is -2.29. The van der Waals surface area contributed by atoms with Crippen LogP contribution in [0.5, 0.6) is 0 Å². The van der Waals surface area contributed by atoms with Crippen LogP contribution in [0.1, 0.15) is 0 Å². The molecule has 0 N–H and O–H groups in total. The molecular formula is C47H30N4. The highest BCUT2D eigenvalue weighted by atomic mass is 15.1. The van der Waals surface area contributed by atoms with Crippen LogP contribution in [0.4, 0.5) is 17.1 Å². The molecule has 0 aliphatic rings. The number of anilines is 3. The first-order chi connectivity index (χ1) is 25.3. The highest BCUT2D eigenvalue weighted by Gasteiger charge is 2.24. The Morgan fingerprint density at radius 3 is 1.84 bits per heavy atom. The van der Waals surface area contributed by atoms with Crippen molar-refractivity contribution in [2.75, 3.05) is 4.90 Å². The van der Waals surface area contributed by atoms with Gasteiger partial charge in [0.1, 0.15) is 0 Å². The lowest BCUT2D eigenvalue weighted by molar-refractivity contribution is 1.30. The zero-order chi connectivity index (χ0) is 33.7. The van der Waals surface area contributed by atoms with Crippen molar-refractivity contribution in [1.29, 1.82) is 0 Å². The summed E-state index contributed by atoms with van der Waals surface area (Å²) >= 11 is 0. The Morgan fingerprint density at radius 1 is 0.431 bits per heavy atom. The molecule has 3 heterocycles. The fraction of sp³-hybridized carbons (Fsp3) is 0. The molecule has 0 amide bonds. The monoisotopic (exact) mass is 650 g/mol. The molecule has 0 aliphatic carbocycles. The second-order valence-corrected chi connectivity index (χ2v) is 12.8. The Balaban J connectivity index is 1.39. The summed E-state index contributed by atoms with van der Waals surface area (Å²) in [6.45, 7) is 0. The largest absolute Gasteiger partial charge is 0.310 e. The van der Waals surface area contributed by atoms with E-state index in [4.69, 9.17) is 15.0 Å². The van der Waals surface area contributed by atoms with E-state index in [0.717, 1.165) is 88.4 Å². The molecule has 0 saturated heterocycles. The van der Waals surface area contributed by atoms with Gasteiger partial charge < -0.3 is 4.90 Å². The molecule has 0 fully saturated rings. The van der Waals surface area contributed by atoms with Gasteiger partial charge in [0.05, 0.1) is 33.6 Å². The summed E-state index contributed by atoms with van der Waals surface area (Å²) in [5.41, 5.74) is 9.85. The van der Waals surface area contributed by atoms with E-state index in [-0.39, 0.29) is 0 Å². The standard InChI is InChI=1S/C47H30N4/c1-4-14-31(15-5-1)45-44-41(51(35-18-6-2-7-19-35)36-20-8-3-9-21-36)30-34-16-10-11-22-37(34)43(44)42-38(23-12-24-40(42)50-45)39-28-27-33-26-25-32-17-13-29-48-46(32)47(33)49-39/h1-30H. The summed E-state index contributed by atoms with van der Waals surface area (Å²) in [7, 11) is 0. The summed E-state index contributed by atoms with van der Waals surface area (Å²) in [4.78, 5) is 18.0. The smallest absolute Gasteiger partial charge is 0.0972 e. The third-order valence-electron chi connectivity index (χ3n) is 9.82. The van der Waals surface area contributed by atoms with Crippen LogP contribution >= 0.6 is 0 Å². The summed E-state index contributed by atoms with van der Waals surface area (Å²) in [5, 5.41) is 7.77. The first kappa shape index (κ1) is 29.0. The van der Waals surface area contributed by atoms with Crippen LogP contribution in [0.25, 0.3) is 76.8 Å². The molecule has 238 valence electrons. The summed E-state index contributed by atoms with van der Waals surface area (Å²) in [5.74, 6) is 0. The predicted molar refractivity (Wildman–Crippen MR) is 213 cm³/mol. The predicted octanol–water partition coefficient (Wildman–Crippen LogP) is 12.4. The van der Waals surface area contributed by atoms with Crippen molar-refractivity contribution in [2.24, 2.45) is 0 Å². The maximum Gasteiger partial charge on any atom is 0.0972 e. The van der Waals surface area contributed by atoms with Gasteiger partial charge in [-0.15, -0.1) is 0 Å². The summed E-state index contributed by atoms with van der Waals surface area (Å²) in [6, 6.07) is 61.9. The van der Waals surface area contributed by atoms with E-state index in [1.165, 1.54) is 5.39 Å². The lowest BCUT2D eigenvalue weighted by atomic mass is 9.90. The SMILES string of the molecule is c1ccc(-c2nc3cccc(-c4ccc5ccc6cccnc6c5n4)c3c3c2c(N(c2ccccc2)c2ccccc2)cc2ccccc23)cc1. The molecule has 4 nitrogen and oxygen atoms in total. The lowest BCUT2D eigenvalue weighted by Crippen LogP contribution is -2.11. The van der Waals surface area contributed by atoms with Crippen molar-refractivity contribution in [1.82, 2.24) is 15.0 Å². The van der Waals surface area contributed by atoms with E-state index in [1.807, 2.05) is 12.3 Å². The molecule has 10 aromatic rings. The van der Waals surface area contributed by atoms with Crippen LogP contribution in [0.2, 0.25) is 0 Å². The van der Waals surface area contributed by atoms with Crippen LogP contribution in [0.3, 0.4) is 0 Å². The molecule has 7 aromatic carbocycles. The molecule has 0 aliphatic heterocycles. The Hall–Kier alpha value is -6.91. The number of hydrogen-bond acceptors (Lipinski definition) is 4. The van der Waals surface area contributed by atoms with Gasteiger partial charge in [-0.05, 0) is 59.3 Å². The minimum atomic E-state index is 0.888. The quantitative estimate of drug-likeness (QED) is 0.174.